The Hall–Kier alpha value is -3.60. The normalized spacial score (nSPS) is 11.6. The van der Waals surface area contributed by atoms with Crippen LogP contribution in [0.15, 0.2) is 72.8 Å². The number of unbranched alkanes of at least 4 members (excludes halogenated alkanes) is 6. The smallest absolute Gasteiger partial charge is 0.343 e. The van der Waals surface area contributed by atoms with Crippen LogP contribution in [0.25, 0.3) is 11.1 Å². The van der Waals surface area contributed by atoms with Crippen molar-refractivity contribution in [3.8, 4) is 22.6 Å². The van der Waals surface area contributed by atoms with Crippen LogP contribution in [-0.2, 0) is 4.74 Å². The molecule has 5 heteroatoms. The van der Waals surface area contributed by atoms with E-state index in [1.807, 2.05) is 43.3 Å². The van der Waals surface area contributed by atoms with E-state index in [9.17, 15) is 9.59 Å². The second-order valence-electron chi connectivity index (χ2n) is 9.99. The third kappa shape index (κ3) is 10.2. The van der Waals surface area contributed by atoms with Crippen LogP contribution >= 0.6 is 0 Å². The molecule has 0 saturated carbocycles. The Balaban J connectivity index is 1.47. The maximum atomic E-state index is 12.6. The van der Waals surface area contributed by atoms with Gasteiger partial charge in [-0.05, 0) is 79.4 Å². The summed E-state index contributed by atoms with van der Waals surface area (Å²) in [4.78, 5) is 24.9. The lowest BCUT2D eigenvalue weighted by Gasteiger charge is -2.13. The van der Waals surface area contributed by atoms with Crippen molar-refractivity contribution in [3.05, 3.63) is 83.9 Å². The van der Waals surface area contributed by atoms with Gasteiger partial charge >= 0.3 is 11.9 Å². The Kier molecular flexibility index (Phi) is 12.6. The molecule has 1 atom stereocenters. The molecule has 208 valence electrons. The van der Waals surface area contributed by atoms with Gasteiger partial charge in [-0.25, -0.2) is 9.59 Å². The number of carbonyl (C=O) groups is 2. The van der Waals surface area contributed by atoms with Crippen molar-refractivity contribution in [3.63, 3.8) is 0 Å². The topological polar surface area (TPSA) is 61.8 Å². The minimum Gasteiger partial charge on any atom is -0.494 e. The fourth-order valence-electron chi connectivity index (χ4n) is 4.24. The first-order valence-electron chi connectivity index (χ1n) is 14.4. The van der Waals surface area contributed by atoms with Crippen molar-refractivity contribution in [2.45, 2.75) is 84.7 Å². The first-order chi connectivity index (χ1) is 19.0. The number of hydrogen-bond donors (Lipinski definition) is 0. The monoisotopic (exact) mass is 530 g/mol. The summed E-state index contributed by atoms with van der Waals surface area (Å²) in [6.45, 7) is 6.98. The Morgan fingerprint density at radius 3 is 1.77 bits per heavy atom. The molecule has 0 radical (unpaired) electrons. The summed E-state index contributed by atoms with van der Waals surface area (Å²) in [6, 6.07) is 21.8. The molecule has 0 N–H and O–H groups in total. The van der Waals surface area contributed by atoms with Gasteiger partial charge in [0.15, 0.2) is 0 Å². The molecule has 0 saturated heterocycles. The van der Waals surface area contributed by atoms with Gasteiger partial charge in [-0.15, -0.1) is 0 Å². The maximum Gasteiger partial charge on any atom is 0.343 e. The maximum absolute atomic E-state index is 12.6. The average Bonchev–Trinajstić information content (AvgIpc) is 2.96. The predicted octanol–water partition coefficient (Wildman–Crippen LogP) is 9.05. The van der Waals surface area contributed by atoms with Gasteiger partial charge in [-0.3, -0.25) is 0 Å². The number of ether oxygens (including phenoxy) is 3. The molecule has 39 heavy (non-hydrogen) atoms. The fraction of sp³-hybridized carbons (Fsp3) is 0.412. The molecular formula is C34H42O5. The van der Waals surface area contributed by atoms with Gasteiger partial charge in [0.25, 0.3) is 0 Å². The van der Waals surface area contributed by atoms with Crippen molar-refractivity contribution in [1.29, 1.82) is 0 Å². The van der Waals surface area contributed by atoms with Crippen LogP contribution in [0, 0.1) is 0 Å². The van der Waals surface area contributed by atoms with Crippen LogP contribution in [0.2, 0.25) is 0 Å². The molecule has 0 fully saturated rings. The largest absolute Gasteiger partial charge is 0.494 e. The van der Waals surface area contributed by atoms with Gasteiger partial charge < -0.3 is 14.2 Å². The molecule has 0 amide bonds. The molecule has 0 aliphatic carbocycles. The number of benzene rings is 3. The molecule has 0 aliphatic heterocycles. The lowest BCUT2D eigenvalue weighted by molar-refractivity contribution is 0.0320. The van der Waals surface area contributed by atoms with Gasteiger partial charge in [0.05, 0.1) is 23.8 Å². The van der Waals surface area contributed by atoms with Crippen molar-refractivity contribution in [2.75, 3.05) is 6.61 Å². The highest BCUT2D eigenvalue weighted by atomic mass is 16.5. The van der Waals surface area contributed by atoms with Gasteiger partial charge in [-0.1, -0.05) is 83.1 Å². The standard InChI is InChI=1S/C34H42O5/c1-4-6-8-9-10-11-25-37-31-21-17-28(18-22-31)27-13-15-29(16-14-27)34(36)39-32-23-19-30(20-24-32)33(35)38-26(3)12-7-5-2/h13-24,26H,4-12,25H2,1-3H3/t26-/m0/s1. The van der Waals surface area contributed by atoms with Crippen molar-refractivity contribution < 1.29 is 23.8 Å². The second-order valence-corrected chi connectivity index (χ2v) is 9.99. The second kappa shape index (κ2) is 16.4. The van der Waals surface area contributed by atoms with E-state index in [1.165, 1.54) is 32.1 Å². The summed E-state index contributed by atoms with van der Waals surface area (Å²) in [5, 5.41) is 0. The van der Waals surface area contributed by atoms with Crippen molar-refractivity contribution >= 4 is 11.9 Å². The minimum atomic E-state index is -0.455. The number of rotatable bonds is 16. The molecule has 0 unspecified atom stereocenters. The van der Waals surface area contributed by atoms with E-state index in [4.69, 9.17) is 14.2 Å². The van der Waals surface area contributed by atoms with Gasteiger partial charge in [0, 0.05) is 0 Å². The molecule has 0 aliphatic rings. The molecule has 0 spiro atoms. The summed E-state index contributed by atoms with van der Waals surface area (Å²) in [5.41, 5.74) is 2.94. The molecule has 0 heterocycles. The average molecular weight is 531 g/mol. The quantitative estimate of drug-likeness (QED) is 0.105. The van der Waals surface area contributed by atoms with E-state index in [0.717, 1.165) is 49.2 Å². The van der Waals surface area contributed by atoms with Crippen LogP contribution in [0.4, 0.5) is 0 Å². The molecule has 3 aromatic rings. The zero-order valence-electron chi connectivity index (χ0n) is 23.6. The molecular weight excluding hydrogens is 488 g/mol. The Morgan fingerprint density at radius 2 is 1.13 bits per heavy atom. The van der Waals surface area contributed by atoms with Gasteiger partial charge in [-0.2, -0.15) is 0 Å². The van der Waals surface area contributed by atoms with Crippen molar-refractivity contribution in [2.24, 2.45) is 0 Å². The lowest BCUT2D eigenvalue weighted by atomic mass is 10.0. The fourth-order valence-corrected chi connectivity index (χ4v) is 4.24. The van der Waals surface area contributed by atoms with E-state index in [2.05, 4.69) is 13.8 Å². The minimum absolute atomic E-state index is 0.126. The third-order valence-corrected chi connectivity index (χ3v) is 6.65. The lowest BCUT2D eigenvalue weighted by Crippen LogP contribution is -2.15. The summed E-state index contributed by atoms with van der Waals surface area (Å²) in [5.74, 6) is 0.418. The van der Waals surface area contributed by atoms with Crippen LogP contribution in [-0.4, -0.2) is 24.6 Å². The van der Waals surface area contributed by atoms with Gasteiger partial charge in [0.1, 0.15) is 11.5 Å². The number of esters is 2. The van der Waals surface area contributed by atoms with Crippen LogP contribution in [0.1, 0.15) is 99.3 Å². The summed E-state index contributed by atoms with van der Waals surface area (Å²) in [6.07, 6.45) is 10.3. The number of carbonyl (C=O) groups excluding carboxylic acids is 2. The van der Waals surface area contributed by atoms with E-state index in [1.54, 1.807) is 36.4 Å². The molecule has 5 nitrogen and oxygen atoms in total. The number of hydrogen-bond acceptors (Lipinski definition) is 5. The Morgan fingerprint density at radius 1 is 0.615 bits per heavy atom. The van der Waals surface area contributed by atoms with E-state index < -0.39 is 5.97 Å². The van der Waals surface area contributed by atoms with E-state index in [0.29, 0.717) is 16.9 Å². The molecule has 3 rings (SSSR count). The molecule has 0 bridgehead atoms. The Bertz CT molecular complexity index is 1130. The van der Waals surface area contributed by atoms with Gasteiger partial charge in [0.2, 0.25) is 0 Å². The first-order valence-corrected chi connectivity index (χ1v) is 14.4. The summed E-state index contributed by atoms with van der Waals surface area (Å²) >= 11 is 0. The SMILES string of the molecule is CCCCCCCCOc1ccc(-c2ccc(C(=O)Oc3ccc(C(=O)O[C@@H](C)CCCC)cc3)cc2)cc1. The molecule has 3 aromatic carbocycles. The molecule has 0 aromatic heterocycles. The first kappa shape index (κ1) is 29.9. The summed E-state index contributed by atoms with van der Waals surface area (Å²) in [7, 11) is 0. The predicted molar refractivity (Wildman–Crippen MR) is 157 cm³/mol. The van der Waals surface area contributed by atoms with Crippen LogP contribution in [0.5, 0.6) is 11.5 Å². The zero-order valence-corrected chi connectivity index (χ0v) is 23.6. The van der Waals surface area contributed by atoms with E-state index in [-0.39, 0.29) is 12.1 Å². The highest BCUT2D eigenvalue weighted by Gasteiger charge is 2.13. The highest BCUT2D eigenvalue weighted by molar-refractivity contribution is 5.92. The summed E-state index contributed by atoms with van der Waals surface area (Å²) < 4.78 is 16.8. The van der Waals surface area contributed by atoms with E-state index >= 15 is 0 Å². The Labute approximate surface area is 233 Å². The highest BCUT2D eigenvalue weighted by Crippen LogP contribution is 2.24. The van der Waals surface area contributed by atoms with Crippen LogP contribution < -0.4 is 9.47 Å². The zero-order chi connectivity index (χ0) is 27.9. The van der Waals surface area contributed by atoms with Crippen molar-refractivity contribution in [1.82, 2.24) is 0 Å². The van der Waals surface area contributed by atoms with Crippen LogP contribution in [0.3, 0.4) is 0 Å². The third-order valence-electron chi connectivity index (χ3n) is 6.65.